The maximum absolute atomic E-state index is 14.5. The van der Waals surface area contributed by atoms with Crippen molar-refractivity contribution in [3.8, 4) is 0 Å². The Bertz CT molecular complexity index is 2020. The molecule has 4 aliphatic rings. The fraction of sp³-hybridized carbons (Fsp3) is 0.731. The van der Waals surface area contributed by atoms with Crippen LogP contribution >= 0.6 is 0 Å². The molecule has 17 heteroatoms. The number of ketones is 3. The number of hydrogen-bond donors (Lipinski definition) is 2. The van der Waals surface area contributed by atoms with Gasteiger partial charge in [0.05, 0.1) is 30.5 Å². The normalized spacial score (nSPS) is 36.3. The van der Waals surface area contributed by atoms with Gasteiger partial charge in [0.1, 0.15) is 18.2 Å². The molecule has 1 aliphatic carbocycles. The molecule has 3 fully saturated rings. The van der Waals surface area contributed by atoms with Crippen molar-refractivity contribution in [2.24, 2.45) is 35.5 Å². The monoisotopic (exact) mass is 966 g/mol. The van der Waals surface area contributed by atoms with E-state index in [0.29, 0.717) is 56.9 Å². The first-order valence-corrected chi connectivity index (χ1v) is 25.0. The van der Waals surface area contributed by atoms with Gasteiger partial charge in [0.15, 0.2) is 17.9 Å². The third-order valence-electron chi connectivity index (χ3n) is 15.2. The number of tetrazole rings is 1. The third kappa shape index (κ3) is 14.2. The van der Waals surface area contributed by atoms with Crippen molar-refractivity contribution < 1.29 is 57.9 Å². The number of carbonyl (C=O) groups excluding carboxylic acids is 5. The highest BCUT2D eigenvalue weighted by molar-refractivity contribution is 6.39. The summed E-state index contributed by atoms with van der Waals surface area (Å²) in [6.45, 7) is 12.8. The molecule has 5 rings (SSSR count). The summed E-state index contributed by atoms with van der Waals surface area (Å²) in [6, 6.07) is -1.25. The molecule has 2 bridgehead atoms. The SMILES string of the molecule is CO[C@H]1C[C@@H]2CC[C@@H](C)[C@@](O)(O2)C(=O)C(=O)N2CCCC[C@H]2C(=O)O[C@H]([C@H](C)C[C@@H]2CC[C@H](n3ncnn3)[C@H](OC)C2)CC(=O)C(C)=CC(C)[C@@H](O)[C@@H](OC)C(=O)[C@H](C)C[C@H](C)C=CC=CC=C1C. The second kappa shape index (κ2) is 25.7. The highest BCUT2D eigenvalue weighted by Crippen LogP contribution is 2.39. The first kappa shape index (κ1) is 55.7. The van der Waals surface area contributed by atoms with Crippen molar-refractivity contribution in [2.75, 3.05) is 27.9 Å². The summed E-state index contributed by atoms with van der Waals surface area (Å²) in [5.74, 6) is -7.91. The van der Waals surface area contributed by atoms with Crippen LogP contribution in [0.3, 0.4) is 0 Å². The summed E-state index contributed by atoms with van der Waals surface area (Å²) in [4.78, 5) is 73.9. The van der Waals surface area contributed by atoms with Gasteiger partial charge in [-0.2, -0.15) is 4.80 Å². The smallest absolute Gasteiger partial charge is 0.329 e. The third-order valence-corrected chi connectivity index (χ3v) is 15.2. The average Bonchev–Trinajstić information content (AvgIpc) is 3.88. The molecule has 2 N–H and O–H groups in total. The van der Waals surface area contributed by atoms with Gasteiger partial charge in [0.2, 0.25) is 5.79 Å². The van der Waals surface area contributed by atoms with E-state index in [-0.39, 0.29) is 60.9 Å². The van der Waals surface area contributed by atoms with E-state index in [1.807, 2.05) is 58.1 Å². The molecule has 1 aromatic heterocycles. The minimum Gasteiger partial charge on any atom is -0.460 e. The van der Waals surface area contributed by atoms with Crippen LogP contribution in [0.15, 0.2) is 53.9 Å². The van der Waals surface area contributed by atoms with Crippen molar-refractivity contribution >= 4 is 29.2 Å². The Balaban J connectivity index is 1.46. The van der Waals surface area contributed by atoms with Crippen molar-refractivity contribution in [3.63, 3.8) is 0 Å². The van der Waals surface area contributed by atoms with Crippen LogP contribution in [0.4, 0.5) is 0 Å². The molecule has 4 heterocycles. The van der Waals surface area contributed by atoms with Gasteiger partial charge in [-0.15, -0.1) is 10.2 Å². The lowest BCUT2D eigenvalue weighted by atomic mass is 9.78. The number of piperidine rings is 1. The molecule has 1 amide bonds. The van der Waals surface area contributed by atoms with Gasteiger partial charge >= 0.3 is 5.97 Å². The number of esters is 1. The molecule has 17 nitrogen and oxygen atoms in total. The second-order valence-electron chi connectivity index (χ2n) is 20.4. The van der Waals surface area contributed by atoms with Crippen LogP contribution in [0.1, 0.15) is 132 Å². The van der Waals surface area contributed by atoms with Crippen LogP contribution in [-0.2, 0) is 47.7 Å². The van der Waals surface area contributed by atoms with E-state index in [9.17, 15) is 34.2 Å². The van der Waals surface area contributed by atoms with Crippen molar-refractivity contribution in [1.29, 1.82) is 0 Å². The fourth-order valence-corrected chi connectivity index (χ4v) is 10.7. The fourth-order valence-electron chi connectivity index (χ4n) is 10.7. The predicted molar refractivity (Wildman–Crippen MR) is 256 cm³/mol. The number of Topliss-reactive ketones (excluding diaryl/α,β-unsaturated/α-hetero) is 3. The Hall–Kier alpha value is -4.26. The van der Waals surface area contributed by atoms with Gasteiger partial charge in [-0.3, -0.25) is 19.2 Å². The maximum Gasteiger partial charge on any atom is 0.329 e. The number of carbonyl (C=O) groups is 5. The van der Waals surface area contributed by atoms with Crippen molar-refractivity contribution in [1.82, 2.24) is 25.1 Å². The van der Waals surface area contributed by atoms with Crippen molar-refractivity contribution in [3.05, 3.63) is 53.9 Å². The summed E-state index contributed by atoms with van der Waals surface area (Å²) in [5.41, 5.74) is 1.20. The molecule has 0 radical (unpaired) electrons. The number of methoxy groups -OCH3 is 3. The zero-order valence-electron chi connectivity index (χ0n) is 42.5. The number of aliphatic hydroxyl groups excluding tert-OH is 1. The van der Waals surface area contributed by atoms with Gasteiger partial charge < -0.3 is 38.8 Å². The lowest BCUT2D eigenvalue weighted by molar-refractivity contribution is -0.265. The Morgan fingerprint density at radius 2 is 1.65 bits per heavy atom. The summed E-state index contributed by atoms with van der Waals surface area (Å²) >= 11 is 0. The molecule has 3 aliphatic heterocycles. The zero-order chi connectivity index (χ0) is 50.6. The summed E-state index contributed by atoms with van der Waals surface area (Å²) in [7, 11) is 4.62. The molecule has 0 spiro atoms. The van der Waals surface area contributed by atoms with Gasteiger partial charge in [-0.1, -0.05) is 71.1 Å². The quantitative estimate of drug-likeness (QED) is 0.235. The molecular weight excluding hydrogens is 887 g/mol. The molecule has 2 saturated heterocycles. The molecular formula is C52H79N5O12. The number of rotatable bonds is 7. The molecule has 69 heavy (non-hydrogen) atoms. The summed E-state index contributed by atoms with van der Waals surface area (Å²) < 4.78 is 29.9. The lowest BCUT2D eigenvalue weighted by Crippen LogP contribution is -2.61. The Morgan fingerprint density at radius 3 is 2.33 bits per heavy atom. The van der Waals surface area contributed by atoms with Gasteiger partial charge in [0, 0.05) is 58.5 Å². The number of ether oxygens (including phenoxy) is 5. The predicted octanol–water partition coefficient (Wildman–Crippen LogP) is 6.05. The number of cyclic esters (lactones) is 1. The van der Waals surface area contributed by atoms with Crippen molar-refractivity contribution in [2.45, 2.75) is 180 Å². The van der Waals surface area contributed by atoms with Crippen LogP contribution in [-0.4, -0.2) is 141 Å². The average molecular weight is 966 g/mol. The molecule has 1 aromatic rings. The van der Waals surface area contributed by atoms with Crippen LogP contribution in [0.2, 0.25) is 0 Å². The summed E-state index contributed by atoms with van der Waals surface area (Å²) in [6.07, 6.45) is 13.7. The number of amides is 1. The van der Waals surface area contributed by atoms with Crippen LogP contribution in [0.5, 0.6) is 0 Å². The topological polar surface area (TPSA) is 219 Å². The Morgan fingerprint density at radius 1 is 0.899 bits per heavy atom. The number of fused-ring (bicyclic) bond motifs is 3. The molecule has 0 aromatic carbocycles. The Labute approximate surface area is 408 Å². The van der Waals surface area contributed by atoms with Crippen LogP contribution < -0.4 is 0 Å². The van der Waals surface area contributed by atoms with E-state index >= 15 is 0 Å². The van der Waals surface area contributed by atoms with Crippen LogP contribution in [0.25, 0.3) is 0 Å². The number of nitrogens with zero attached hydrogens (tertiary/aromatic N) is 5. The largest absolute Gasteiger partial charge is 0.460 e. The first-order chi connectivity index (χ1) is 32.8. The standard InChI is InChI=1S/C52H79N5O12/c1-31-16-12-11-13-17-32(2)43(65-8)28-39-21-19-37(7)52(64,69-39)49(61)50(62)56-23-15-14-18-41(56)51(63)68-44(34(4)26-38-20-22-40(45(27-38)66-9)57-54-30-53-55-57)29-42(58)33(3)25-36(6)47(60)48(67-10)46(59)35(5)24-31/h11-13,16-17,25,30-31,34-41,43-45,47-48,60,64H,14-15,18-24,26-29H2,1-10H3/t31-,34-,35-,36?,37-,38+,39+,40+,41+,43+,44+,45-,47-,48+,52-/m1/s1. The first-order valence-electron chi connectivity index (χ1n) is 25.0. The molecule has 384 valence electrons. The minimum atomic E-state index is -2.43. The number of hydrogen-bond acceptors (Lipinski definition) is 15. The number of aromatic nitrogens is 4. The molecule has 1 saturated carbocycles. The van der Waals surface area contributed by atoms with E-state index in [4.69, 9.17) is 23.7 Å². The van der Waals surface area contributed by atoms with Gasteiger partial charge in [0.25, 0.3) is 11.7 Å². The maximum atomic E-state index is 14.5. The molecule has 1 unspecified atom stereocenters. The van der Waals surface area contributed by atoms with E-state index in [1.165, 1.54) is 18.3 Å². The highest BCUT2D eigenvalue weighted by Gasteiger charge is 2.53. The van der Waals surface area contributed by atoms with Crippen LogP contribution in [0, 0.1) is 35.5 Å². The Kier molecular flexibility index (Phi) is 20.8. The highest BCUT2D eigenvalue weighted by atomic mass is 16.6. The van der Waals surface area contributed by atoms with Gasteiger partial charge in [-0.05, 0) is 112 Å². The van der Waals surface area contributed by atoms with E-state index in [0.717, 1.165) is 18.4 Å². The van der Waals surface area contributed by atoms with E-state index in [1.54, 1.807) is 45.9 Å². The molecule has 15 atom stereocenters. The van der Waals surface area contributed by atoms with E-state index in [2.05, 4.69) is 15.4 Å². The summed E-state index contributed by atoms with van der Waals surface area (Å²) in [5, 5.41) is 35.7. The van der Waals surface area contributed by atoms with E-state index < -0.39 is 77.8 Å². The van der Waals surface area contributed by atoms with Gasteiger partial charge in [-0.25, -0.2) is 4.79 Å². The zero-order valence-corrected chi connectivity index (χ0v) is 42.5. The lowest BCUT2D eigenvalue weighted by Gasteiger charge is -2.42. The number of aliphatic hydroxyl groups is 2. The second-order valence-corrected chi connectivity index (χ2v) is 20.4. The number of allylic oxidation sites excluding steroid dienone is 6. The minimum absolute atomic E-state index is 0.0195.